The minimum absolute atomic E-state index is 0.0911. The highest BCUT2D eigenvalue weighted by Crippen LogP contribution is 2.64. The summed E-state index contributed by atoms with van der Waals surface area (Å²) in [6, 6.07) is 0. The molecule has 4 aliphatic rings. The molecule has 0 aromatic carbocycles. The Morgan fingerprint density at radius 3 is 2.70 bits per heavy atom. The molecule has 2 saturated carbocycles. The van der Waals surface area contributed by atoms with Gasteiger partial charge in [-0.2, -0.15) is 0 Å². The van der Waals surface area contributed by atoms with Crippen molar-refractivity contribution in [3.63, 3.8) is 0 Å². The van der Waals surface area contributed by atoms with Crippen molar-refractivity contribution >= 4 is 5.78 Å². The third kappa shape index (κ3) is 2.53. The van der Waals surface area contributed by atoms with Gasteiger partial charge < -0.3 is 10.2 Å². The van der Waals surface area contributed by atoms with Gasteiger partial charge in [-0.1, -0.05) is 24.5 Å². The molecule has 7 atom stereocenters. The van der Waals surface area contributed by atoms with Crippen LogP contribution in [0, 0.1) is 47.3 Å². The van der Waals surface area contributed by atoms with Crippen molar-refractivity contribution in [2.45, 2.75) is 70.5 Å². The van der Waals surface area contributed by atoms with E-state index in [1.165, 1.54) is 5.57 Å². The van der Waals surface area contributed by atoms with E-state index in [0.717, 1.165) is 38.5 Å². The fourth-order valence-corrected chi connectivity index (χ4v) is 7.02. The van der Waals surface area contributed by atoms with Crippen LogP contribution in [0.15, 0.2) is 23.8 Å². The molecule has 3 nitrogen and oxygen atoms in total. The molecule has 0 aromatic rings. The normalized spacial score (nSPS) is 46.1. The van der Waals surface area contributed by atoms with Crippen LogP contribution < -0.4 is 0 Å². The number of allylic oxidation sites excluding steroid dienone is 3. The predicted molar refractivity (Wildman–Crippen MR) is 106 cm³/mol. The number of terminal acetylenes is 1. The molecule has 0 bridgehead atoms. The number of aliphatic hydroxyl groups is 2. The highest BCUT2D eigenvalue weighted by molar-refractivity contribution is 5.94. The second-order valence-corrected chi connectivity index (χ2v) is 9.88. The maximum absolute atomic E-state index is 12.6. The predicted octanol–water partition coefficient (Wildman–Crippen LogP) is 3.66. The molecule has 0 heterocycles. The van der Waals surface area contributed by atoms with Gasteiger partial charge in [0.1, 0.15) is 5.60 Å². The van der Waals surface area contributed by atoms with Gasteiger partial charge in [0.2, 0.25) is 0 Å². The first-order valence-electron chi connectivity index (χ1n) is 10.5. The second kappa shape index (κ2) is 6.06. The van der Waals surface area contributed by atoms with Crippen molar-refractivity contribution in [2.24, 2.45) is 35.0 Å². The van der Waals surface area contributed by atoms with Crippen molar-refractivity contribution in [2.75, 3.05) is 0 Å². The van der Waals surface area contributed by atoms with E-state index in [1.54, 1.807) is 13.8 Å². The molecule has 0 unspecified atom stereocenters. The minimum atomic E-state index is -1.13. The van der Waals surface area contributed by atoms with Crippen LogP contribution in [0.3, 0.4) is 0 Å². The third-order valence-electron chi connectivity index (χ3n) is 8.50. The molecule has 4 aliphatic carbocycles. The van der Waals surface area contributed by atoms with Crippen LogP contribution in [0.5, 0.6) is 0 Å². The van der Waals surface area contributed by atoms with Crippen LogP contribution in [-0.4, -0.2) is 27.2 Å². The topological polar surface area (TPSA) is 57.5 Å². The summed E-state index contributed by atoms with van der Waals surface area (Å²) in [6.07, 6.45) is 17.3. The molecule has 27 heavy (non-hydrogen) atoms. The summed E-state index contributed by atoms with van der Waals surface area (Å²) >= 11 is 0. The van der Waals surface area contributed by atoms with Crippen molar-refractivity contribution in [1.82, 2.24) is 0 Å². The van der Waals surface area contributed by atoms with Crippen LogP contribution in [0.1, 0.15) is 59.3 Å². The van der Waals surface area contributed by atoms with Gasteiger partial charge >= 0.3 is 0 Å². The molecule has 0 aliphatic heterocycles. The Hall–Kier alpha value is -1.37. The fourth-order valence-electron chi connectivity index (χ4n) is 7.02. The van der Waals surface area contributed by atoms with E-state index in [1.807, 2.05) is 12.2 Å². The first-order chi connectivity index (χ1) is 12.7. The number of rotatable bonds is 2. The van der Waals surface area contributed by atoms with Crippen LogP contribution in [0.25, 0.3) is 0 Å². The number of fused-ring (bicyclic) bond motifs is 5. The van der Waals surface area contributed by atoms with Crippen LogP contribution in [0.4, 0.5) is 0 Å². The fraction of sp³-hybridized carbons (Fsp3) is 0.708. The first-order valence-corrected chi connectivity index (χ1v) is 10.5. The lowest BCUT2D eigenvalue weighted by Crippen LogP contribution is -2.54. The van der Waals surface area contributed by atoms with E-state index in [-0.39, 0.29) is 17.1 Å². The Morgan fingerprint density at radius 1 is 1.33 bits per heavy atom. The Bertz CT molecular complexity index is 749. The summed E-state index contributed by atoms with van der Waals surface area (Å²) in [5.74, 6) is 4.16. The average molecular weight is 369 g/mol. The zero-order valence-corrected chi connectivity index (χ0v) is 16.7. The summed E-state index contributed by atoms with van der Waals surface area (Å²) < 4.78 is 0. The zero-order chi connectivity index (χ0) is 19.6. The lowest BCUT2D eigenvalue weighted by atomic mass is 9.48. The molecular weight excluding hydrogens is 336 g/mol. The van der Waals surface area contributed by atoms with Gasteiger partial charge in [0, 0.05) is 5.41 Å². The summed E-state index contributed by atoms with van der Waals surface area (Å²) in [5, 5.41) is 21.7. The van der Waals surface area contributed by atoms with E-state index < -0.39 is 11.2 Å². The maximum Gasteiger partial charge on any atom is 0.161 e. The number of ketones is 1. The molecule has 0 aromatic heterocycles. The highest BCUT2D eigenvalue weighted by atomic mass is 16.3. The minimum Gasteiger partial charge on any atom is -0.390 e. The second-order valence-electron chi connectivity index (χ2n) is 9.88. The maximum atomic E-state index is 12.6. The van der Waals surface area contributed by atoms with Gasteiger partial charge in [-0.25, -0.2) is 0 Å². The van der Waals surface area contributed by atoms with Gasteiger partial charge in [0.25, 0.3) is 0 Å². The Balaban J connectivity index is 1.67. The number of hydrogen-bond donors (Lipinski definition) is 2. The van der Waals surface area contributed by atoms with E-state index in [0.29, 0.717) is 23.7 Å². The summed E-state index contributed by atoms with van der Waals surface area (Å²) in [4.78, 5) is 12.6. The summed E-state index contributed by atoms with van der Waals surface area (Å²) in [5.41, 5.74) is -1.07. The number of hydrogen-bond acceptors (Lipinski definition) is 3. The largest absolute Gasteiger partial charge is 0.390 e. The van der Waals surface area contributed by atoms with Crippen molar-refractivity contribution < 1.29 is 15.0 Å². The first kappa shape index (κ1) is 19.0. The summed E-state index contributed by atoms with van der Waals surface area (Å²) in [6.45, 7) is 5.66. The number of carbonyl (C=O) groups excluding carboxylic acids is 1. The van der Waals surface area contributed by atoms with Gasteiger partial charge in [0.15, 0.2) is 5.78 Å². The third-order valence-corrected chi connectivity index (χ3v) is 8.50. The Morgan fingerprint density at radius 2 is 2.07 bits per heavy atom. The van der Waals surface area contributed by atoms with E-state index in [9.17, 15) is 15.0 Å². The van der Waals surface area contributed by atoms with Crippen molar-refractivity contribution in [1.29, 1.82) is 0 Å². The molecule has 3 heteroatoms. The molecule has 4 rings (SSSR count). The molecule has 0 spiro atoms. The van der Waals surface area contributed by atoms with Gasteiger partial charge in [-0.15, -0.1) is 6.42 Å². The molecule has 2 N–H and O–H groups in total. The highest BCUT2D eigenvalue weighted by Gasteiger charge is 2.61. The molecule has 0 radical (unpaired) electrons. The quantitative estimate of drug-likeness (QED) is 0.578. The smallest absolute Gasteiger partial charge is 0.161 e. The van der Waals surface area contributed by atoms with E-state index in [2.05, 4.69) is 18.9 Å². The van der Waals surface area contributed by atoms with Gasteiger partial charge in [-0.3, -0.25) is 4.79 Å². The molecule has 2 fully saturated rings. The van der Waals surface area contributed by atoms with E-state index in [4.69, 9.17) is 6.42 Å². The van der Waals surface area contributed by atoms with Gasteiger partial charge in [0.05, 0.1) is 11.5 Å². The molecule has 146 valence electrons. The summed E-state index contributed by atoms with van der Waals surface area (Å²) in [7, 11) is 0. The average Bonchev–Trinajstić information content (AvgIpc) is 2.93. The lowest BCUT2D eigenvalue weighted by Gasteiger charge is -2.56. The van der Waals surface area contributed by atoms with E-state index >= 15 is 0 Å². The SMILES string of the molecule is C#C[C@]1(O)C=C[C@H]2[C@@H]3CCC4=CC(=O)[C@H](C(C)(C)O)C[C@@H]4[C@H]3CC[C@@]21CC. The Labute approximate surface area is 162 Å². The van der Waals surface area contributed by atoms with Gasteiger partial charge in [-0.05, 0) is 88.2 Å². The molecule has 0 amide bonds. The van der Waals surface area contributed by atoms with Crippen LogP contribution >= 0.6 is 0 Å². The zero-order valence-electron chi connectivity index (χ0n) is 16.7. The standard InChI is InChI=1S/C24H32O3/c1-5-23-11-9-16-17(19(23)10-12-24(23,27)6-2)8-7-15-13-21(25)20(14-18(15)16)22(3,4)26/h2,10,12-13,16-20,26-27H,5,7-9,11,14H2,1,3-4H3/t16-,17+,18-,19-,20+,23-,24-/m0/s1. The molecular formula is C24H32O3. The van der Waals surface area contributed by atoms with Crippen LogP contribution in [0.2, 0.25) is 0 Å². The number of carbonyl (C=O) groups is 1. The van der Waals surface area contributed by atoms with Crippen LogP contribution in [-0.2, 0) is 4.79 Å². The van der Waals surface area contributed by atoms with Crippen molar-refractivity contribution in [3.05, 3.63) is 23.8 Å². The lowest BCUT2D eigenvalue weighted by molar-refractivity contribution is -0.130. The molecule has 0 saturated heterocycles. The monoisotopic (exact) mass is 368 g/mol. The Kier molecular flexibility index (Phi) is 4.26. The van der Waals surface area contributed by atoms with Crippen molar-refractivity contribution in [3.8, 4) is 12.3 Å².